The Morgan fingerprint density at radius 1 is 1.26 bits per heavy atom. The molecule has 1 unspecified atom stereocenters. The lowest BCUT2D eigenvalue weighted by Crippen LogP contribution is -2.34. The summed E-state index contributed by atoms with van der Waals surface area (Å²) < 4.78 is 30.2. The molecular weight excluding hydrogens is 266 g/mol. The minimum absolute atomic E-state index is 0.246. The molecule has 0 bridgehead atoms. The van der Waals surface area contributed by atoms with Crippen molar-refractivity contribution in [2.45, 2.75) is 33.8 Å². The number of aliphatic hydroxyl groups excluding tert-OH is 1. The third-order valence-corrected chi connectivity index (χ3v) is 3.95. The van der Waals surface area contributed by atoms with E-state index in [1.807, 2.05) is 19.9 Å². The summed E-state index contributed by atoms with van der Waals surface area (Å²) >= 11 is 0. The van der Waals surface area contributed by atoms with Crippen molar-refractivity contribution in [2.75, 3.05) is 17.5 Å². The van der Waals surface area contributed by atoms with Gasteiger partial charge in [0.05, 0.1) is 18.4 Å². The van der Waals surface area contributed by atoms with Gasteiger partial charge in [-0.3, -0.25) is 4.18 Å². The van der Waals surface area contributed by atoms with Crippen LogP contribution in [0.2, 0.25) is 0 Å². The molecule has 1 N–H and O–H groups in total. The van der Waals surface area contributed by atoms with E-state index in [1.165, 1.54) is 11.2 Å². The van der Waals surface area contributed by atoms with Crippen molar-refractivity contribution >= 4 is 16.0 Å². The van der Waals surface area contributed by atoms with Gasteiger partial charge in [0.15, 0.2) is 0 Å². The molecule has 1 aromatic rings. The number of hydrogen-bond acceptors (Lipinski definition) is 4. The number of rotatable bonds is 6. The Labute approximate surface area is 115 Å². The minimum atomic E-state index is -3.88. The van der Waals surface area contributed by atoms with E-state index >= 15 is 0 Å². The summed E-state index contributed by atoms with van der Waals surface area (Å²) in [7, 11) is -3.88. The third-order valence-electron chi connectivity index (χ3n) is 2.51. The molecule has 0 saturated heterocycles. The molecule has 0 fully saturated rings. The number of aryl methyl sites for hydroxylation is 2. The maximum Gasteiger partial charge on any atom is 0.362 e. The SMILES string of the molecule is CCN(c1cc(C)cc(C)c1)S(=O)(=O)OCC(C)O. The highest BCUT2D eigenvalue weighted by molar-refractivity contribution is 7.88. The van der Waals surface area contributed by atoms with Gasteiger partial charge in [-0.2, -0.15) is 8.42 Å². The van der Waals surface area contributed by atoms with Crippen LogP contribution in [0.15, 0.2) is 18.2 Å². The van der Waals surface area contributed by atoms with Crippen LogP contribution in [0.3, 0.4) is 0 Å². The second-order valence-corrected chi connectivity index (χ2v) is 6.13. The molecule has 0 radical (unpaired) electrons. The van der Waals surface area contributed by atoms with Gasteiger partial charge in [0, 0.05) is 6.54 Å². The second kappa shape index (κ2) is 6.36. The number of aliphatic hydroxyl groups is 1. The van der Waals surface area contributed by atoms with Gasteiger partial charge in [-0.1, -0.05) is 6.07 Å². The number of benzene rings is 1. The second-order valence-electron chi connectivity index (χ2n) is 4.60. The Morgan fingerprint density at radius 2 is 1.79 bits per heavy atom. The van der Waals surface area contributed by atoms with E-state index in [1.54, 1.807) is 19.1 Å². The molecular formula is C13H21NO4S. The Balaban J connectivity index is 3.05. The summed E-state index contributed by atoms with van der Waals surface area (Å²) in [6.07, 6.45) is -0.826. The fourth-order valence-electron chi connectivity index (χ4n) is 1.81. The van der Waals surface area contributed by atoms with Crippen molar-refractivity contribution in [1.82, 2.24) is 0 Å². The fourth-order valence-corrected chi connectivity index (χ4v) is 2.99. The van der Waals surface area contributed by atoms with Gasteiger partial charge in [0.2, 0.25) is 0 Å². The molecule has 0 spiro atoms. The Hall–Kier alpha value is -1.11. The van der Waals surface area contributed by atoms with Crippen LogP contribution in [-0.4, -0.2) is 32.8 Å². The smallest absolute Gasteiger partial charge is 0.362 e. The van der Waals surface area contributed by atoms with Crippen LogP contribution in [-0.2, 0) is 14.5 Å². The first-order valence-corrected chi connectivity index (χ1v) is 7.56. The maximum atomic E-state index is 12.1. The van der Waals surface area contributed by atoms with E-state index in [2.05, 4.69) is 0 Å². The van der Waals surface area contributed by atoms with Crippen LogP contribution in [0.25, 0.3) is 0 Å². The predicted octanol–water partition coefficient (Wildman–Crippen LogP) is 1.77. The normalized spacial score (nSPS) is 13.3. The van der Waals surface area contributed by atoms with Crippen molar-refractivity contribution in [3.8, 4) is 0 Å². The van der Waals surface area contributed by atoms with E-state index in [0.717, 1.165) is 11.1 Å². The van der Waals surface area contributed by atoms with Gasteiger partial charge in [0.1, 0.15) is 0 Å². The van der Waals surface area contributed by atoms with Gasteiger partial charge in [0.25, 0.3) is 0 Å². The highest BCUT2D eigenvalue weighted by Gasteiger charge is 2.23. The van der Waals surface area contributed by atoms with Crippen LogP contribution in [0.4, 0.5) is 5.69 Å². The summed E-state index contributed by atoms with van der Waals surface area (Å²) in [5.74, 6) is 0. The molecule has 0 amide bonds. The van der Waals surface area contributed by atoms with E-state index in [-0.39, 0.29) is 13.2 Å². The predicted molar refractivity (Wildman–Crippen MR) is 75.5 cm³/mol. The molecule has 1 aromatic carbocycles. The molecule has 0 aliphatic heterocycles. The van der Waals surface area contributed by atoms with E-state index in [4.69, 9.17) is 9.29 Å². The number of nitrogens with zero attached hydrogens (tertiary/aromatic N) is 1. The first-order chi connectivity index (χ1) is 8.76. The van der Waals surface area contributed by atoms with Gasteiger partial charge in [-0.15, -0.1) is 0 Å². The van der Waals surface area contributed by atoms with Gasteiger partial charge < -0.3 is 5.11 Å². The highest BCUT2D eigenvalue weighted by atomic mass is 32.2. The Bertz CT molecular complexity index is 505. The van der Waals surface area contributed by atoms with E-state index in [9.17, 15) is 8.42 Å². The summed E-state index contributed by atoms with van der Waals surface area (Å²) in [5.41, 5.74) is 2.55. The zero-order chi connectivity index (χ0) is 14.6. The summed E-state index contributed by atoms with van der Waals surface area (Å²) in [4.78, 5) is 0. The van der Waals surface area contributed by atoms with Crippen LogP contribution in [0.5, 0.6) is 0 Å². The number of hydrogen-bond donors (Lipinski definition) is 1. The van der Waals surface area contributed by atoms with Gasteiger partial charge >= 0.3 is 10.3 Å². The average molecular weight is 287 g/mol. The molecule has 1 rings (SSSR count). The van der Waals surface area contributed by atoms with Crippen molar-refractivity contribution in [3.63, 3.8) is 0 Å². The Morgan fingerprint density at radius 3 is 2.21 bits per heavy atom. The van der Waals surface area contributed by atoms with Crippen molar-refractivity contribution in [2.24, 2.45) is 0 Å². The summed E-state index contributed by atoms with van der Waals surface area (Å²) in [5, 5.41) is 9.12. The Kier molecular flexibility index (Phi) is 5.34. The van der Waals surface area contributed by atoms with E-state index in [0.29, 0.717) is 5.69 Å². The maximum absolute atomic E-state index is 12.1. The molecule has 0 aliphatic rings. The lowest BCUT2D eigenvalue weighted by molar-refractivity contribution is 0.125. The number of anilines is 1. The van der Waals surface area contributed by atoms with Crippen molar-refractivity contribution in [1.29, 1.82) is 0 Å². The zero-order valence-electron chi connectivity index (χ0n) is 11.8. The fraction of sp³-hybridized carbons (Fsp3) is 0.538. The van der Waals surface area contributed by atoms with Gasteiger partial charge in [-0.05, 0) is 51.0 Å². The lowest BCUT2D eigenvalue weighted by Gasteiger charge is -2.23. The quantitative estimate of drug-likeness (QED) is 0.866. The largest absolute Gasteiger partial charge is 0.391 e. The standard InChI is InChI=1S/C13H21NO4S/c1-5-14(19(16,17)18-9-12(4)15)13-7-10(2)6-11(3)8-13/h6-8,12,15H,5,9H2,1-4H3. The van der Waals surface area contributed by atoms with Crippen molar-refractivity contribution < 1.29 is 17.7 Å². The summed E-state index contributed by atoms with van der Waals surface area (Å²) in [6, 6.07) is 5.56. The first-order valence-electron chi connectivity index (χ1n) is 6.19. The van der Waals surface area contributed by atoms with Gasteiger partial charge in [-0.25, -0.2) is 4.31 Å². The molecule has 0 aliphatic carbocycles. The molecule has 0 heterocycles. The topological polar surface area (TPSA) is 66.8 Å². The monoisotopic (exact) mass is 287 g/mol. The van der Waals surface area contributed by atoms with Crippen LogP contribution >= 0.6 is 0 Å². The minimum Gasteiger partial charge on any atom is -0.391 e. The van der Waals surface area contributed by atoms with Crippen LogP contribution < -0.4 is 4.31 Å². The molecule has 5 nitrogen and oxygen atoms in total. The first kappa shape index (κ1) is 15.9. The zero-order valence-corrected chi connectivity index (χ0v) is 12.6. The lowest BCUT2D eigenvalue weighted by atomic mass is 10.1. The average Bonchev–Trinajstić information content (AvgIpc) is 2.25. The highest BCUT2D eigenvalue weighted by Crippen LogP contribution is 2.22. The summed E-state index contributed by atoms with van der Waals surface area (Å²) in [6.45, 7) is 7.06. The molecule has 1 atom stereocenters. The third kappa shape index (κ3) is 4.49. The molecule has 6 heteroatoms. The van der Waals surface area contributed by atoms with Crippen LogP contribution in [0.1, 0.15) is 25.0 Å². The van der Waals surface area contributed by atoms with Crippen LogP contribution in [0, 0.1) is 13.8 Å². The molecule has 19 heavy (non-hydrogen) atoms. The molecule has 0 saturated carbocycles. The van der Waals surface area contributed by atoms with E-state index < -0.39 is 16.4 Å². The molecule has 108 valence electrons. The molecule has 0 aromatic heterocycles. The van der Waals surface area contributed by atoms with Crippen molar-refractivity contribution in [3.05, 3.63) is 29.3 Å².